The van der Waals surface area contributed by atoms with E-state index in [-0.39, 0.29) is 30.6 Å². The molecule has 14 nitrogen and oxygen atoms in total. The highest BCUT2D eigenvalue weighted by Crippen LogP contribution is 2.59. The molecule has 6 rings (SSSR count). The van der Waals surface area contributed by atoms with E-state index in [9.17, 15) is 35.4 Å². The second kappa shape index (κ2) is 12.7. The van der Waals surface area contributed by atoms with Gasteiger partial charge in [0, 0.05) is 30.3 Å². The van der Waals surface area contributed by atoms with E-state index >= 15 is 0 Å². The van der Waals surface area contributed by atoms with Gasteiger partial charge in [0.15, 0.2) is 11.5 Å². The number of hydrogen-bond donors (Lipinski definition) is 7. The van der Waals surface area contributed by atoms with Crippen molar-refractivity contribution in [3.63, 3.8) is 0 Å². The number of ether oxygens (including phenoxy) is 6. The Morgan fingerprint density at radius 2 is 1.85 bits per heavy atom. The number of fused-ring (bicyclic) bond motifs is 5. The molecule has 1 saturated heterocycles. The number of carboxylic acid groups (broad SMARTS) is 1. The normalized spacial score (nSPS) is 27.5. The Balaban J connectivity index is 1.46. The molecule has 1 fully saturated rings. The number of benzene rings is 3. The molecule has 14 heteroatoms. The predicted octanol–water partition coefficient (Wildman–Crippen LogP) is 1.08. The lowest BCUT2D eigenvalue weighted by atomic mass is 9.83. The van der Waals surface area contributed by atoms with E-state index < -0.39 is 48.8 Å². The minimum atomic E-state index is -2.33. The van der Waals surface area contributed by atoms with Crippen molar-refractivity contribution in [1.82, 2.24) is 5.32 Å². The van der Waals surface area contributed by atoms with E-state index in [1.807, 2.05) is 6.07 Å². The largest absolute Gasteiger partial charge is 0.508 e. The van der Waals surface area contributed by atoms with Crippen LogP contribution in [-0.2, 0) is 16.0 Å². The monoisotopic (exact) mass is 655 g/mol. The number of phenols is 1. The number of carbonyl (C=O) groups is 1. The summed E-state index contributed by atoms with van der Waals surface area (Å²) in [6.07, 6.45) is -7.69. The van der Waals surface area contributed by atoms with Crippen LogP contribution in [0.4, 0.5) is 0 Å². The molecule has 0 aromatic heterocycles. The number of aliphatic hydroxyl groups excluding tert-OH is 4. The molecule has 3 aliphatic rings. The fourth-order valence-corrected chi connectivity index (χ4v) is 6.70. The average Bonchev–Trinajstić information content (AvgIpc) is 3.45. The Bertz CT molecular complexity index is 1660. The van der Waals surface area contributed by atoms with Gasteiger partial charge in [-0.1, -0.05) is 12.1 Å². The first-order chi connectivity index (χ1) is 22.6. The Morgan fingerprint density at radius 3 is 2.51 bits per heavy atom. The zero-order valence-electron chi connectivity index (χ0n) is 25.9. The maximum absolute atomic E-state index is 12.3. The van der Waals surface area contributed by atoms with Crippen molar-refractivity contribution in [3.8, 4) is 45.6 Å². The van der Waals surface area contributed by atoms with Gasteiger partial charge < -0.3 is 64.4 Å². The molecule has 252 valence electrons. The molecule has 3 heterocycles. The van der Waals surface area contributed by atoms with Crippen LogP contribution in [0.25, 0.3) is 11.1 Å². The molecule has 7 N–H and O–H groups in total. The van der Waals surface area contributed by atoms with E-state index in [0.29, 0.717) is 46.1 Å². The summed E-state index contributed by atoms with van der Waals surface area (Å²) in [6.45, 7) is -0.341. The molecule has 0 aliphatic carbocycles. The maximum Gasteiger partial charge on any atom is 0.340 e. The molecule has 0 spiro atoms. The van der Waals surface area contributed by atoms with Gasteiger partial charge in [0.25, 0.3) is 0 Å². The quantitative estimate of drug-likeness (QED) is 0.163. The van der Waals surface area contributed by atoms with E-state index in [4.69, 9.17) is 28.4 Å². The van der Waals surface area contributed by atoms with Crippen LogP contribution in [0, 0.1) is 0 Å². The molecule has 3 aliphatic heterocycles. The zero-order valence-corrected chi connectivity index (χ0v) is 25.9. The second-order valence-electron chi connectivity index (χ2n) is 11.6. The lowest BCUT2D eigenvalue weighted by Crippen LogP contribution is -2.71. The van der Waals surface area contributed by atoms with Crippen molar-refractivity contribution in [2.24, 2.45) is 0 Å². The van der Waals surface area contributed by atoms with Gasteiger partial charge in [0.1, 0.15) is 41.7 Å². The summed E-state index contributed by atoms with van der Waals surface area (Å²) in [6, 6.07) is 11.4. The molecule has 3 aromatic carbocycles. The summed E-state index contributed by atoms with van der Waals surface area (Å²) in [5, 5.41) is 64.9. The Kier molecular flexibility index (Phi) is 8.82. The Morgan fingerprint density at radius 1 is 1.06 bits per heavy atom. The molecular weight excluding hydrogens is 618 g/mol. The highest BCUT2D eigenvalue weighted by molar-refractivity contribution is 5.79. The number of methoxy groups -OCH3 is 2. The molecule has 0 radical (unpaired) electrons. The average molecular weight is 656 g/mol. The number of aliphatic hydroxyl groups is 4. The number of likely N-dealkylation sites (N-methyl/N-ethyl adjacent to an activating group) is 1. The van der Waals surface area contributed by atoms with Crippen molar-refractivity contribution >= 4 is 5.97 Å². The minimum absolute atomic E-state index is 0.00966. The van der Waals surface area contributed by atoms with Gasteiger partial charge in [-0.05, 0) is 54.4 Å². The predicted molar refractivity (Wildman–Crippen MR) is 163 cm³/mol. The van der Waals surface area contributed by atoms with Crippen LogP contribution in [0.3, 0.4) is 0 Å². The number of nitrogens with one attached hydrogen (secondary N) is 1. The van der Waals surface area contributed by atoms with Crippen LogP contribution in [0.5, 0.6) is 34.5 Å². The lowest BCUT2D eigenvalue weighted by Gasteiger charge is -2.45. The topological polar surface area (TPSA) is 206 Å². The van der Waals surface area contributed by atoms with Crippen LogP contribution in [-0.4, -0.2) is 108 Å². The van der Waals surface area contributed by atoms with Crippen molar-refractivity contribution in [2.75, 3.05) is 41.0 Å². The number of aliphatic carboxylic acids is 1. The van der Waals surface area contributed by atoms with Gasteiger partial charge in [-0.2, -0.15) is 0 Å². The lowest BCUT2D eigenvalue weighted by molar-refractivity contribution is -0.305. The van der Waals surface area contributed by atoms with Crippen molar-refractivity contribution in [2.45, 2.75) is 48.6 Å². The van der Waals surface area contributed by atoms with Gasteiger partial charge in [-0.15, -0.1) is 0 Å². The van der Waals surface area contributed by atoms with Crippen LogP contribution in [0.2, 0.25) is 0 Å². The standard InChI is InChI=1S/C33H37NO13/c1-34-14-33(32(40)41)30(39)25(37)26(38)31(47-33)45-18-11-19(15-5-4-6-17(36)9-15)24-21(12-18)44-13-20-23-16(7-8-35)10-22(42-2)28(43-3)29(23)46-27(20)24/h4-6,9-12,20,25-27,30-31,34-39H,7-8,13-14H2,1-3H3,(H,40,41)/t20-,25+,26+,27+,30-,31+,33-/m0/s1. The summed E-state index contributed by atoms with van der Waals surface area (Å²) in [5.41, 5.74) is 0.992. The molecule has 0 bridgehead atoms. The smallest absolute Gasteiger partial charge is 0.340 e. The van der Waals surface area contributed by atoms with E-state index in [1.165, 1.54) is 33.4 Å². The summed E-state index contributed by atoms with van der Waals surface area (Å²) in [7, 11) is 4.47. The number of aromatic hydroxyl groups is 1. The molecular formula is C33H37NO13. The molecule has 7 atom stereocenters. The maximum atomic E-state index is 12.3. The Hall–Kier alpha value is -4.31. The van der Waals surface area contributed by atoms with E-state index in [0.717, 1.165) is 11.1 Å². The first-order valence-corrected chi connectivity index (χ1v) is 15.0. The third kappa shape index (κ3) is 5.36. The summed E-state index contributed by atoms with van der Waals surface area (Å²) < 4.78 is 35.9. The highest BCUT2D eigenvalue weighted by atomic mass is 16.7. The van der Waals surface area contributed by atoms with Gasteiger partial charge in [-0.25, -0.2) is 4.79 Å². The Labute approximate surface area is 269 Å². The molecule has 0 amide bonds. The fraction of sp³-hybridized carbons (Fsp3) is 0.424. The van der Waals surface area contributed by atoms with Crippen molar-refractivity contribution < 1.29 is 63.9 Å². The van der Waals surface area contributed by atoms with Crippen molar-refractivity contribution in [1.29, 1.82) is 0 Å². The summed E-state index contributed by atoms with van der Waals surface area (Å²) in [5.74, 6) is -0.173. The molecule has 3 aromatic rings. The number of carboxylic acids is 1. The van der Waals surface area contributed by atoms with Crippen LogP contribution in [0.15, 0.2) is 42.5 Å². The second-order valence-corrected chi connectivity index (χ2v) is 11.6. The summed E-state index contributed by atoms with van der Waals surface area (Å²) in [4.78, 5) is 12.3. The molecule has 47 heavy (non-hydrogen) atoms. The van der Waals surface area contributed by atoms with Crippen LogP contribution in [0.1, 0.15) is 28.7 Å². The van der Waals surface area contributed by atoms with Crippen LogP contribution >= 0.6 is 0 Å². The summed E-state index contributed by atoms with van der Waals surface area (Å²) >= 11 is 0. The number of rotatable bonds is 10. The molecule has 0 unspecified atom stereocenters. The van der Waals surface area contributed by atoms with Gasteiger partial charge >= 0.3 is 5.97 Å². The first kappa shape index (κ1) is 32.6. The zero-order chi connectivity index (χ0) is 33.6. The fourth-order valence-electron chi connectivity index (χ4n) is 6.70. The minimum Gasteiger partial charge on any atom is -0.508 e. The molecule has 0 saturated carbocycles. The third-order valence-electron chi connectivity index (χ3n) is 8.90. The van der Waals surface area contributed by atoms with Gasteiger partial charge in [0.05, 0.1) is 26.7 Å². The van der Waals surface area contributed by atoms with Crippen molar-refractivity contribution in [3.05, 3.63) is 59.2 Å². The van der Waals surface area contributed by atoms with Crippen LogP contribution < -0.4 is 29.0 Å². The third-order valence-corrected chi connectivity index (χ3v) is 8.90. The van der Waals surface area contributed by atoms with E-state index in [2.05, 4.69) is 5.32 Å². The van der Waals surface area contributed by atoms with Gasteiger partial charge in [0.2, 0.25) is 17.6 Å². The van der Waals surface area contributed by atoms with E-state index in [1.54, 1.807) is 24.3 Å². The van der Waals surface area contributed by atoms with Gasteiger partial charge in [-0.3, -0.25) is 0 Å². The highest BCUT2D eigenvalue weighted by Gasteiger charge is 2.59. The first-order valence-electron chi connectivity index (χ1n) is 15.0. The number of hydrogen-bond acceptors (Lipinski definition) is 13. The number of phenolic OH excluding ortho intramolecular Hbond substituents is 1. The SMILES string of the molecule is CNC[C@]1(C(=O)O)O[C@@H](Oc2cc3c(c(-c4cccc(O)c4)c2)[C@@H]2Oc4c(OC)c(OC)cc(CCO)c4[C@@H]2CO3)[C@H](O)[C@@H](O)[C@@H]1O.